The van der Waals surface area contributed by atoms with E-state index in [1.54, 1.807) is 6.33 Å². The number of nitrogens with zero attached hydrogens (tertiary/aromatic N) is 2. The molecule has 1 heterocycles. The van der Waals surface area contributed by atoms with Gasteiger partial charge in [-0.1, -0.05) is 31.7 Å². The molecule has 0 saturated heterocycles. The highest BCUT2D eigenvalue weighted by molar-refractivity contribution is 5.37. The summed E-state index contributed by atoms with van der Waals surface area (Å²) in [5, 5.41) is 1.81. The van der Waals surface area contributed by atoms with E-state index in [-0.39, 0.29) is 0 Å². The molecule has 0 N–H and O–H groups in total. The summed E-state index contributed by atoms with van der Waals surface area (Å²) in [5.41, 5.74) is 0.973. The Kier molecular flexibility index (Phi) is 3.38. The van der Waals surface area contributed by atoms with Crippen molar-refractivity contribution in [2.45, 2.75) is 20.3 Å². The molecule has 2 heteroatoms. The first-order chi connectivity index (χ1) is 6.25. The molecule has 0 atom stereocenters. The van der Waals surface area contributed by atoms with Crippen molar-refractivity contribution in [3.8, 4) is 0 Å². The van der Waals surface area contributed by atoms with E-state index >= 15 is 0 Å². The van der Waals surface area contributed by atoms with E-state index < -0.39 is 0 Å². The van der Waals surface area contributed by atoms with E-state index in [1.807, 2.05) is 19.1 Å². The second-order valence-electron chi connectivity index (χ2n) is 2.82. The number of allylic oxidation sites excluding steroid dienone is 2. The summed E-state index contributed by atoms with van der Waals surface area (Å²) in [6, 6.07) is 0. The number of aromatic nitrogens is 2. The molecule has 1 rings (SSSR count). The van der Waals surface area contributed by atoms with Crippen LogP contribution in [0, 0.1) is 6.92 Å². The average Bonchev–Trinajstić information content (AvgIpc) is 2.10. The molecule has 0 radical (unpaired) electrons. The number of hydrogen-bond acceptors (Lipinski definition) is 2. The Bertz CT molecular complexity index is 405. The quantitative estimate of drug-likeness (QED) is 0.667. The molecule has 0 aliphatic rings. The summed E-state index contributed by atoms with van der Waals surface area (Å²) in [6.07, 6.45) is 8.68. The molecule has 13 heavy (non-hydrogen) atoms. The third kappa shape index (κ3) is 2.51. The van der Waals surface area contributed by atoms with Gasteiger partial charge in [0, 0.05) is 10.9 Å². The fraction of sp³-hybridized carbons (Fsp3) is 0.273. The van der Waals surface area contributed by atoms with Gasteiger partial charge < -0.3 is 0 Å². The lowest BCUT2D eigenvalue weighted by Crippen LogP contribution is -2.29. The minimum absolute atomic E-state index is 0.785. The number of hydrogen-bond donors (Lipinski definition) is 0. The topological polar surface area (TPSA) is 25.8 Å². The first-order valence-corrected chi connectivity index (χ1v) is 4.39. The largest absolute Gasteiger partial charge is 0.241 e. The van der Waals surface area contributed by atoms with Crippen LogP contribution >= 0.6 is 0 Å². The van der Waals surface area contributed by atoms with Crippen LogP contribution in [0.4, 0.5) is 0 Å². The van der Waals surface area contributed by atoms with E-state index in [4.69, 9.17) is 0 Å². The van der Waals surface area contributed by atoms with Gasteiger partial charge in [-0.25, -0.2) is 9.97 Å². The van der Waals surface area contributed by atoms with Crippen LogP contribution in [-0.2, 0) is 0 Å². The molecule has 1 aromatic heterocycles. The van der Waals surface area contributed by atoms with Crippen molar-refractivity contribution in [2.75, 3.05) is 0 Å². The van der Waals surface area contributed by atoms with Crippen LogP contribution in [-0.4, -0.2) is 9.97 Å². The van der Waals surface area contributed by atoms with E-state index in [1.165, 1.54) is 0 Å². The standard InChI is InChI=1S/C11H14N2/c1-4-5-6-7-11-9(2)12-8-13-10(11)3/h5-8H,2,4H2,1,3H3/b6-5-,11-7+. The van der Waals surface area contributed by atoms with E-state index in [0.29, 0.717) is 0 Å². The number of aryl methyl sites for hydroxylation is 1. The van der Waals surface area contributed by atoms with Gasteiger partial charge in [0.15, 0.2) is 0 Å². The third-order valence-corrected chi connectivity index (χ3v) is 1.80. The lowest BCUT2D eigenvalue weighted by Gasteiger charge is -1.91. The lowest BCUT2D eigenvalue weighted by atomic mass is 10.3. The molecule has 0 unspecified atom stereocenters. The molecule has 2 nitrogen and oxygen atoms in total. The van der Waals surface area contributed by atoms with Gasteiger partial charge in [0.05, 0.1) is 5.35 Å². The Morgan fingerprint density at radius 3 is 2.85 bits per heavy atom. The Hall–Kier alpha value is -1.44. The lowest BCUT2D eigenvalue weighted by molar-refractivity contribution is 1.04. The van der Waals surface area contributed by atoms with Crippen LogP contribution in [0.25, 0.3) is 12.7 Å². The van der Waals surface area contributed by atoms with Crippen LogP contribution in [0.1, 0.15) is 19.0 Å². The van der Waals surface area contributed by atoms with Gasteiger partial charge in [0.2, 0.25) is 0 Å². The van der Waals surface area contributed by atoms with Crippen molar-refractivity contribution in [3.63, 3.8) is 0 Å². The van der Waals surface area contributed by atoms with Crippen molar-refractivity contribution in [1.29, 1.82) is 0 Å². The Morgan fingerprint density at radius 2 is 2.23 bits per heavy atom. The van der Waals surface area contributed by atoms with Crippen molar-refractivity contribution < 1.29 is 0 Å². The molecule has 0 aromatic carbocycles. The second kappa shape index (κ2) is 4.55. The van der Waals surface area contributed by atoms with Crippen molar-refractivity contribution in [1.82, 2.24) is 9.97 Å². The molecule has 0 aliphatic carbocycles. The summed E-state index contributed by atoms with van der Waals surface area (Å²) in [6.45, 7) is 7.91. The van der Waals surface area contributed by atoms with Crippen LogP contribution in [0.3, 0.4) is 0 Å². The molecule has 0 fully saturated rings. The first-order valence-electron chi connectivity index (χ1n) is 4.39. The van der Waals surface area contributed by atoms with Gasteiger partial charge in [0.25, 0.3) is 0 Å². The monoisotopic (exact) mass is 174 g/mol. The SMILES string of the molecule is C=c1ncnc(C)/c1=C/C=C\CC. The third-order valence-electron chi connectivity index (χ3n) is 1.80. The molecule has 0 saturated carbocycles. The van der Waals surface area contributed by atoms with E-state index in [2.05, 4.69) is 29.5 Å². The molecular formula is C11H14N2. The zero-order chi connectivity index (χ0) is 9.68. The van der Waals surface area contributed by atoms with Gasteiger partial charge in [0.1, 0.15) is 6.33 Å². The molecule has 0 amide bonds. The highest BCUT2D eigenvalue weighted by Gasteiger charge is 1.88. The zero-order valence-electron chi connectivity index (χ0n) is 8.12. The maximum absolute atomic E-state index is 4.10. The van der Waals surface area contributed by atoms with Crippen LogP contribution < -0.4 is 10.6 Å². The summed E-state index contributed by atoms with van der Waals surface area (Å²) >= 11 is 0. The zero-order valence-corrected chi connectivity index (χ0v) is 8.12. The Morgan fingerprint density at radius 1 is 1.46 bits per heavy atom. The molecule has 0 bridgehead atoms. The normalized spacial score (nSPS) is 12.6. The molecular weight excluding hydrogens is 160 g/mol. The summed E-state index contributed by atoms with van der Waals surface area (Å²) in [5.74, 6) is 0. The molecule has 1 aromatic rings. The molecule has 0 aliphatic heterocycles. The smallest absolute Gasteiger partial charge is 0.116 e. The summed E-state index contributed by atoms with van der Waals surface area (Å²) < 4.78 is 0. The van der Waals surface area contributed by atoms with Crippen LogP contribution in [0.15, 0.2) is 18.5 Å². The summed E-state index contributed by atoms with van der Waals surface area (Å²) in [7, 11) is 0. The predicted molar refractivity (Wildman–Crippen MR) is 55.4 cm³/mol. The summed E-state index contributed by atoms with van der Waals surface area (Å²) in [4.78, 5) is 8.13. The highest BCUT2D eigenvalue weighted by Crippen LogP contribution is 1.80. The minimum atomic E-state index is 0.785. The molecule has 0 spiro atoms. The number of rotatable bonds is 2. The first kappa shape index (κ1) is 9.65. The maximum Gasteiger partial charge on any atom is 0.116 e. The predicted octanol–water partition coefficient (Wildman–Crippen LogP) is 0.942. The van der Waals surface area contributed by atoms with Gasteiger partial charge >= 0.3 is 0 Å². The van der Waals surface area contributed by atoms with Crippen molar-refractivity contribution in [2.24, 2.45) is 0 Å². The van der Waals surface area contributed by atoms with Gasteiger partial charge in [-0.05, 0) is 13.3 Å². The van der Waals surface area contributed by atoms with Crippen molar-refractivity contribution in [3.05, 3.63) is 34.7 Å². The average molecular weight is 174 g/mol. The maximum atomic E-state index is 4.10. The van der Waals surface area contributed by atoms with Gasteiger partial charge in [-0.3, -0.25) is 0 Å². The van der Waals surface area contributed by atoms with E-state index in [0.717, 1.165) is 22.7 Å². The Labute approximate surface area is 78.4 Å². The minimum Gasteiger partial charge on any atom is -0.241 e. The van der Waals surface area contributed by atoms with Gasteiger partial charge in [-0.15, -0.1) is 0 Å². The fourth-order valence-electron chi connectivity index (χ4n) is 1.05. The Balaban J connectivity index is 3.20. The van der Waals surface area contributed by atoms with Crippen LogP contribution in [0.2, 0.25) is 0 Å². The molecule has 68 valence electrons. The van der Waals surface area contributed by atoms with Crippen LogP contribution in [0.5, 0.6) is 0 Å². The highest BCUT2D eigenvalue weighted by atomic mass is 14.8. The van der Waals surface area contributed by atoms with Gasteiger partial charge in [-0.2, -0.15) is 0 Å². The van der Waals surface area contributed by atoms with E-state index in [9.17, 15) is 0 Å². The fourth-order valence-corrected chi connectivity index (χ4v) is 1.05. The van der Waals surface area contributed by atoms with Crippen molar-refractivity contribution >= 4 is 12.7 Å². The second-order valence-corrected chi connectivity index (χ2v) is 2.82.